The van der Waals surface area contributed by atoms with Gasteiger partial charge in [0.05, 0.1) is 32.6 Å². The standard InChI is InChI=1S/C23H24Br2N4O7S2/c1-6-35-13(30)9-36-17-11(24)7-10(8-12(17)25)14(15-18(31)26(2)22(37)27(3)19(15)32)16-20(33)28(4)23(38)29(5)21(16)34/h7-8,14,31,33H,6,9H2,1-5H3. The van der Waals surface area contributed by atoms with Gasteiger partial charge in [0.1, 0.15) is 5.75 Å². The third-order valence-corrected chi connectivity index (χ3v) is 8.18. The van der Waals surface area contributed by atoms with Crippen LogP contribution in [0.25, 0.3) is 0 Å². The van der Waals surface area contributed by atoms with Crippen LogP contribution in [0.5, 0.6) is 17.5 Å². The van der Waals surface area contributed by atoms with Gasteiger partial charge < -0.3 is 19.7 Å². The molecule has 38 heavy (non-hydrogen) atoms. The quantitative estimate of drug-likeness (QED) is 0.283. The molecule has 11 nitrogen and oxygen atoms in total. The largest absolute Gasteiger partial charge is 0.494 e. The summed E-state index contributed by atoms with van der Waals surface area (Å²) in [6, 6.07) is 3.10. The Morgan fingerprint density at radius 3 is 1.71 bits per heavy atom. The molecule has 0 amide bonds. The number of hydrogen-bond donors (Lipinski definition) is 2. The van der Waals surface area contributed by atoms with Crippen molar-refractivity contribution >= 4 is 62.3 Å². The van der Waals surface area contributed by atoms with Gasteiger partial charge in [-0.25, -0.2) is 4.79 Å². The van der Waals surface area contributed by atoms with Crippen LogP contribution in [0.4, 0.5) is 0 Å². The highest BCUT2D eigenvalue weighted by Gasteiger charge is 2.33. The zero-order valence-corrected chi connectivity index (χ0v) is 25.7. The minimum Gasteiger partial charge on any atom is -0.494 e. The first-order valence-electron chi connectivity index (χ1n) is 11.0. The molecule has 1 aromatic carbocycles. The normalized spacial score (nSPS) is 11.2. The van der Waals surface area contributed by atoms with E-state index in [0.29, 0.717) is 14.5 Å². The van der Waals surface area contributed by atoms with E-state index in [9.17, 15) is 24.6 Å². The zero-order valence-electron chi connectivity index (χ0n) is 20.9. The maximum atomic E-state index is 13.5. The van der Waals surface area contributed by atoms with Crippen molar-refractivity contribution in [2.24, 2.45) is 28.2 Å². The Hall–Kier alpha value is -2.75. The average molecular weight is 692 g/mol. The predicted molar refractivity (Wildman–Crippen MR) is 151 cm³/mol. The van der Waals surface area contributed by atoms with Crippen LogP contribution in [-0.2, 0) is 37.7 Å². The van der Waals surface area contributed by atoms with Gasteiger partial charge in [-0.2, -0.15) is 0 Å². The molecule has 3 rings (SSSR count). The number of carbonyl (C=O) groups excluding carboxylic acids is 1. The first-order chi connectivity index (χ1) is 17.7. The first kappa shape index (κ1) is 29.8. The van der Waals surface area contributed by atoms with Gasteiger partial charge in [-0.1, -0.05) is 0 Å². The SMILES string of the molecule is CCOC(=O)COc1c(Br)cc(C(c2c(O)n(C)c(=S)n(C)c2=O)c2c(O)n(C)c(=S)n(C)c2=O)cc1Br. The van der Waals surface area contributed by atoms with E-state index in [1.165, 1.54) is 37.3 Å². The molecule has 0 saturated heterocycles. The lowest BCUT2D eigenvalue weighted by Gasteiger charge is -2.24. The van der Waals surface area contributed by atoms with Crippen molar-refractivity contribution in [3.8, 4) is 17.5 Å². The van der Waals surface area contributed by atoms with E-state index in [1.807, 2.05) is 0 Å². The summed E-state index contributed by atoms with van der Waals surface area (Å²) in [5.41, 5.74) is -1.42. The summed E-state index contributed by atoms with van der Waals surface area (Å²) in [6.07, 6.45) is 0. The second-order valence-corrected chi connectivity index (χ2v) is 10.7. The van der Waals surface area contributed by atoms with Gasteiger partial charge in [-0.15, -0.1) is 0 Å². The molecule has 0 spiro atoms. The number of aromatic nitrogens is 4. The van der Waals surface area contributed by atoms with Gasteiger partial charge in [0.2, 0.25) is 11.8 Å². The minimum absolute atomic E-state index is 0.0451. The lowest BCUT2D eigenvalue weighted by molar-refractivity contribution is -0.145. The molecule has 2 aromatic heterocycles. The third kappa shape index (κ3) is 5.24. The topological polar surface area (TPSA) is 130 Å². The van der Waals surface area contributed by atoms with Gasteiger partial charge in [-0.3, -0.25) is 27.9 Å². The summed E-state index contributed by atoms with van der Waals surface area (Å²) in [4.78, 5) is 38.8. The van der Waals surface area contributed by atoms with Crippen LogP contribution in [0.3, 0.4) is 0 Å². The van der Waals surface area contributed by atoms with E-state index in [4.69, 9.17) is 33.9 Å². The summed E-state index contributed by atoms with van der Waals surface area (Å²) >= 11 is 17.3. The fraction of sp³-hybridized carbons (Fsp3) is 0.348. The molecule has 0 atom stereocenters. The van der Waals surface area contributed by atoms with Crippen LogP contribution in [0.2, 0.25) is 0 Å². The molecule has 0 aliphatic rings. The minimum atomic E-state index is -1.28. The van der Waals surface area contributed by atoms with Crippen LogP contribution < -0.4 is 15.9 Å². The highest BCUT2D eigenvalue weighted by atomic mass is 79.9. The Morgan fingerprint density at radius 2 is 1.32 bits per heavy atom. The molecular formula is C23H24Br2N4O7S2. The van der Waals surface area contributed by atoms with Crippen molar-refractivity contribution in [3.63, 3.8) is 0 Å². The molecule has 0 bridgehead atoms. The summed E-state index contributed by atoms with van der Waals surface area (Å²) in [5, 5.41) is 22.2. The number of ether oxygens (including phenoxy) is 2. The lowest BCUT2D eigenvalue weighted by atomic mass is 9.86. The number of esters is 1. The van der Waals surface area contributed by atoms with E-state index >= 15 is 0 Å². The summed E-state index contributed by atoms with van der Waals surface area (Å²) < 4.78 is 16.1. The fourth-order valence-corrected chi connectivity index (χ4v) is 5.71. The molecule has 2 heterocycles. The van der Waals surface area contributed by atoms with Crippen LogP contribution in [0, 0.1) is 9.54 Å². The fourth-order valence-electron chi connectivity index (χ4n) is 3.92. The van der Waals surface area contributed by atoms with E-state index in [0.717, 1.165) is 9.13 Å². The van der Waals surface area contributed by atoms with Crippen molar-refractivity contribution in [2.75, 3.05) is 13.2 Å². The number of nitrogens with zero attached hydrogens (tertiary/aromatic N) is 4. The number of rotatable bonds is 7. The summed E-state index contributed by atoms with van der Waals surface area (Å²) in [6.45, 7) is 1.51. The molecule has 0 fully saturated rings. The number of aromatic hydroxyl groups is 2. The van der Waals surface area contributed by atoms with Crippen LogP contribution in [0.1, 0.15) is 29.5 Å². The molecule has 2 N–H and O–H groups in total. The Bertz CT molecular complexity index is 1580. The highest BCUT2D eigenvalue weighted by Crippen LogP contribution is 2.42. The Kier molecular flexibility index (Phi) is 9.06. The number of halogens is 2. The third-order valence-electron chi connectivity index (χ3n) is 5.91. The van der Waals surface area contributed by atoms with Crippen molar-refractivity contribution in [2.45, 2.75) is 12.8 Å². The van der Waals surface area contributed by atoms with Gasteiger partial charge in [0.25, 0.3) is 11.1 Å². The molecule has 0 radical (unpaired) electrons. The van der Waals surface area contributed by atoms with Crippen molar-refractivity contribution < 1.29 is 24.5 Å². The van der Waals surface area contributed by atoms with Gasteiger partial charge in [0, 0.05) is 28.2 Å². The smallest absolute Gasteiger partial charge is 0.344 e. The molecule has 0 aliphatic carbocycles. The van der Waals surface area contributed by atoms with Crippen LogP contribution >= 0.6 is 56.3 Å². The molecule has 3 aromatic rings. The molecule has 0 unspecified atom stereocenters. The lowest BCUT2D eigenvalue weighted by Crippen LogP contribution is -2.33. The van der Waals surface area contributed by atoms with Crippen molar-refractivity contribution in [3.05, 3.63) is 68.0 Å². The van der Waals surface area contributed by atoms with Crippen LogP contribution in [-0.4, -0.2) is 47.7 Å². The number of carbonyl (C=O) groups is 1. The molecule has 0 saturated carbocycles. The number of benzene rings is 1. The molecule has 204 valence electrons. The van der Waals surface area contributed by atoms with Gasteiger partial charge in [-0.05, 0) is 80.9 Å². The molecule has 15 heteroatoms. The second-order valence-electron chi connectivity index (χ2n) is 8.23. The van der Waals surface area contributed by atoms with Gasteiger partial charge >= 0.3 is 5.97 Å². The summed E-state index contributed by atoms with van der Waals surface area (Å²) in [7, 11) is 5.82. The van der Waals surface area contributed by atoms with E-state index in [1.54, 1.807) is 19.1 Å². The zero-order chi connectivity index (χ0) is 28.6. The Morgan fingerprint density at radius 1 is 0.895 bits per heavy atom. The average Bonchev–Trinajstić information content (AvgIpc) is 2.87. The Balaban J connectivity index is 2.41. The monoisotopic (exact) mass is 690 g/mol. The maximum Gasteiger partial charge on any atom is 0.344 e. The predicted octanol–water partition coefficient (Wildman–Crippen LogP) is 3.28. The van der Waals surface area contributed by atoms with Crippen LogP contribution in [0.15, 0.2) is 30.7 Å². The Labute approximate surface area is 243 Å². The van der Waals surface area contributed by atoms with Crippen molar-refractivity contribution in [1.82, 2.24) is 18.3 Å². The summed E-state index contributed by atoms with van der Waals surface area (Å²) in [5.74, 6) is -2.55. The molecular weight excluding hydrogens is 668 g/mol. The maximum absolute atomic E-state index is 13.5. The van der Waals surface area contributed by atoms with E-state index < -0.39 is 34.8 Å². The highest BCUT2D eigenvalue weighted by molar-refractivity contribution is 9.11. The number of hydrogen-bond acceptors (Lipinski definition) is 9. The van der Waals surface area contributed by atoms with E-state index in [-0.39, 0.29) is 39.6 Å². The van der Waals surface area contributed by atoms with E-state index in [2.05, 4.69) is 31.9 Å². The van der Waals surface area contributed by atoms with Gasteiger partial charge in [0.15, 0.2) is 16.1 Å². The molecule has 0 aliphatic heterocycles. The second kappa shape index (κ2) is 11.6. The first-order valence-corrected chi connectivity index (χ1v) is 13.4. The van der Waals surface area contributed by atoms with Crippen molar-refractivity contribution in [1.29, 1.82) is 0 Å².